The minimum absolute atomic E-state index is 0.0354. The van der Waals surface area contributed by atoms with E-state index in [2.05, 4.69) is 37.5 Å². The van der Waals surface area contributed by atoms with E-state index in [4.69, 9.17) is 5.11 Å². The van der Waals surface area contributed by atoms with Gasteiger partial charge in [0, 0.05) is 25.1 Å². The molecule has 0 aliphatic rings. The average Bonchev–Trinajstić information content (AvgIpc) is 2.46. The Labute approximate surface area is 128 Å². The lowest BCUT2D eigenvalue weighted by Gasteiger charge is -2.23. The van der Waals surface area contributed by atoms with E-state index in [-0.39, 0.29) is 12.4 Å². The van der Waals surface area contributed by atoms with Crippen LogP contribution in [0.4, 0.5) is 4.39 Å². The lowest BCUT2D eigenvalue weighted by molar-refractivity contribution is 0.238. The molecule has 116 valence electrons. The molecule has 1 atom stereocenters. The van der Waals surface area contributed by atoms with Crippen molar-refractivity contribution in [2.45, 2.75) is 40.2 Å². The lowest BCUT2D eigenvalue weighted by Crippen LogP contribution is -2.27. The molecule has 0 radical (unpaired) electrons. The minimum Gasteiger partial charge on any atom is -0.395 e. The maximum Gasteiger partial charge on any atom is 0.124 e. The molecule has 0 aliphatic heterocycles. The highest BCUT2D eigenvalue weighted by Gasteiger charge is 2.09. The smallest absolute Gasteiger partial charge is 0.124 e. The van der Waals surface area contributed by atoms with E-state index in [9.17, 15) is 4.39 Å². The second-order valence-corrected chi connectivity index (χ2v) is 5.46. The van der Waals surface area contributed by atoms with Crippen molar-refractivity contribution < 1.29 is 9.50 Å². The van der Waals surface area contributed by atoms with E-state index in [1.54, 1.807) is 6.07 Å². The van der Waals surface area contributed by atoms with Crippen LogP contribution in [0.15, 0.2) is 18.2 Å². The van der Waals surface area contributed by atoms with Gasteiger partial charge in [-0.25, -0.2) is 4.39 Å². The molecule has 1 N–H and O–H groups in total. The van der Waals surface area contributed by atoms with Crippen LogP contribution in [0.3, 0.4) is 0 Å². The normalized spacial score (nSPS) is 12.1. The Kier molecular flexibility index (Phi) is 8.04. The number of nitrogens with zero attached hydrogens (tertiary/aromatic N) is 1. The summed E-state index contributed by atoms with van der Waals surface area (Å²) in [5, 5.41) is 8.73. The van der Waals surface area contributed by atoms with Gasteiger partial charge in [0.2, 0.25) is 0 Å². The topological polar surface area (TPSA) is 23.5 Å². The van der Waals surface area contributed by atoms with Gasteiger partial charge in [0.25, 0.3) is 0 Å². The molecule has 2 nitrogen and oxygen atoms in total. The fourth-order valence-corrected chi connectivity index (χ4v) is 2.17. The van der Waals surface area contributed by atoms with Crippen LogP contribution in [0.5, 0.6) is 0 Å². The van der Waals surface area contributed by atoms with Gasteiger partial charge in [0.1, 0.15) is 5.82 Å². The van der Waals surface area contributed by atoms with E-state index in [0.29, 0.717) is 17.9 Å². The number of benzene rings is 1. The Hall–Kier alpha value is -1.37. The first-order valence-electron chi connectivity index (χ1n) is 7.70. The summed E-state index contributed by atoms with van der Waals surface area (Å²) in [6.07, 6.45) is 1.57. The van der Waals surface area contributed by atoms with Crippen molar-refractivity contribution in [3.8, 4) is 11.8 Å². The fraction of sp³-hybridized carbons (Fsp3) is 0.556. The number of hydrogen-bond donors (Lipinski definition) is 1. The second kappa shape index (κ2) is 9.55. The predicted octanol–water partition coefficient (Wildman–Crippen LogP) is 3.43. The number of hydrogen-bond acceptors (Lipinski definition) is 2. The average molecular weight is 291 g/mol. The minimum atomic E-state index is -0.250. The summed E-state index contributed by atoms with van der Waals surface area (Å²) in [6, 6.07) is 4.96. The number of aliphatic hydroxyl groups excluding tert-OH is 1. The first-order valence-corrected chi connectivity index (χ1v) is 7.70. The highest BCUT2D eigenvalue weighted by Crippen LogP contribution is 2.13. The van der Waals surface area contributed by atoms with Crippen LogP contribution in [0, 0.1) is 23.6 Å². The standard InChI is InChI=1S/C18H26FNO/c1-4-15(3)13-20(5-2)14-17-10-16(8-6-7-9-21)11-18(19)12-17/h10-12,15,21H,4-5,7,9,13-14H2,1-3H3. The van der Waals surface area contributed by atoms with Gasteiger partial charge in [-0.3, -0.25) is 4.90 Å². The van der Waals surface area contributed by atoms with Crippen molar-refractivity contribution in [3.63, 3.8) is 0 Å². The van der Waals surface area contributed by atoms with Gasteiger partial charge in [-0.05, 0) is 36.2 Å². The Morgan fingerprint density at radius 3 is 2.67 bits per heavy atom. The molecule has 0 amide bonds. The molecule has 0 spiro atoms. The van der Waals surface area contributed by atoms with Gasteiger partial charge >= 0.3 is 0 Å². The van der Waals surface area contributed by atoms with Gasteiger partial charge in [-0.15, -0.1) is 0 Å². The summed E-state index contributed by atoms with van der Waals surface area (Å²) >= 11 is 0. The molecule has 0 aliphatic carbocycles. The summed E-state index contributed by atoms with van der Waals surface area (Å²) in [6.45, 7) is 9.31. The number of aliphatic hydroxyl groups is 1. The van der Waals surface area contributed by atoms with Crippen LogP contribution in [0.1, 0.15) is 44.7 Å². The Balaban J connectivity index is 2.80. The largest absolute Gasteiger partial charge is 0.395 e. The molecular weight excluding hydrogens is 265 g/mol. The maximum atomic E-state index is 13.7. The summed E-state index contributed by atoms with van der Waals surface area (Å²) in [5.74, 6) is 6.13. The van der Waals surface area contributed by atoms with Gasteiger partial charge < -0.3 is 5.11 Å². The van der Waals surface area contributed by atoms with E-state index in [1.165, 1.54) is 6.07 Å². The molecule has 1 rings (SSSR count). The van der Waals surface area contributed by atoms with Crippen molar-refractivity contribution >= 4 is 0 Å². The summed E-state index contributed by atoms with van der Waals surface area (Å²) in [4.78, 5) is 2.33. The van der Waals surface area contributed by atoms with Crippen LogP contribution in [0.2, 0.25) is 0 Å². The molecule has 21 heavy (non-hydrogen) atoms. The van der Waals surface area contributed by atoms with Gasteiger partial charge in [0.05, 0.1) is 6.61 Å². The number of halogens is 1. The Morgan fingerprint density at radius 1 is 1.29 bits per heavy atom. The summed E-state index contributed by atoms with van der Waals surface area (Å²) < 4.78 is 13.7. The third-order valence-corrected chi connectivity index (χ3v) is 3.55. The molecular formula is C18H26FNO. The van der Waals surface area contributed by atoms with E-state index < -0.39 is 0 Å². The van der Waals surface area contributed by atoms with Crippen LogP contribution in [-0.2, 0) is 6.54 Å². The zero-order valence-electron chi connectivity index (χ0n) is 13.3. The van der Waals surface area contributed by atoms with Crippen molar-refractivity contribution in [2.75, 3.05) is 19.7 Å². The summed E-state index contributed by atoms with van der Waals surface area (Å²) in [5.41, 5.74) is 1.63. The third kappa shape index (κ3) is 6.75. The first-order chi connectivity index (χ1) is 10.1. The monoisotopic (exact) mass is 291 g/mol. The number of rotatable bonds is 7. The Bertz CT molecular complexity index is 490. The van der Waals surface area contributed by atoms with Gasteiger partial charge in [-0.1, -0.05) is 39.0 Å². The molecule has 0 saturated heterocycles. The first kappa shape index (κ1) is 17.7. The lowest BCUT2D eigenvalue weighted by atomic mass is 10.1. The molecule has 1 unspecified atom stereocenters. The fourth-order valence-electron chi connectivity index (χ4n) is 2.17. The highest BCUT2D eigenvalue weighted by molar-refractivity contribution is 5.37. The molecule has 3 heteroatoms. The van der Waals surface area contributed by atoms with Gasteiger partial charge in [0.15, 0.2) is 0 Å². The van der Waals surface area contributed by atoms with Crippen LogP contribution in [0.25, 0.3) is 0 Å². The predicted molar refractivity (Wildman–Crippen MR) is 85.4 cm³/mol. The quantitative estimate of drug-likeness (QED) is 0.778. The van der Waals surface area contributed by atoms with Crippen LogP contribution >= 0.6 is 0 Å². The van der Waals surface area contributed by atoms with E-state index in [0.717, 1.165) is 31.6 Å². The van der Waals surface area contributed by atoms with Crippen LogP contribution in [-0.4, -0.2) is 29.7 Å². The van der Waals surface area contributed by atoms with Crippen molar-refractivity contribution in [2.24, 2.45) is 5.92 Å². The molecule has 0 bridgehead atoms. The Morgan fingerprint density at radius 2 is 2.05 bits per heavy atom. The molecule has 0 aromatic heterocycles. The van der Waals surface area contributed by atoms with E-state index >= 15 is 0 Å². The van der Waals surface area contributed by atoms with E-state index in [1.807, 2.05) is 6.07 Å². The van der Waals surface area contributed by atoms with Crippen molar-refractivity contribution in [1.82, 2.24) is 4.90 Å². The molecule has 1 aromatic rings. The van der Waals surface area contributed by atoms with Crippen LogP contribution < -0.4 is 0 Å². The van der Waals surface area contributed by atoms with Gasteiger partial charge in [-0.2, -0.15) is 0 Å². The second-order valence-electron chi connectivity index (χ2n) is 5.46. The zero-order valence-corrected chi connectivity index (χ0v) is 13.3. The molecule has 0 saturated carbocycles. The third-order valence-electron chi connectivity index (χ3n) is 3.55. The highest BCUT2D eigenvalue weighted by atomic mass is 19.1. The molecule has 1 aromatic carbocycles. The van der Waals surface area contributed by atoms with Crippen molar-refractivity contribution in [3.05, 3.63) is 35.1 Å². The maximum absolute atomic E-state index is 13.7. The van der Waals surface area contributed by atoms with Crippen molar-refractivity contribution in [1.29, 1.82) is 0 Å². The SMILES string of the molecule is CCC(C)CN(CC)Cc1cc(F)cc(C#CCCO)c1. The molecule has 0 heterocycles. The summed E-state index contributed by atoms with van der Waals surface area (Å²) in [7, 11) is 0. The zero-order chi connectivity index (χ0) is 15.7. The molecule has 0 fully saturated rings.